The highest BCUT2D eigenvalue weighted by Crippen LogP contribution is 2.35. The maximum Gasteiger partial charge on any atom is 0.322 e. The summed E-state index contributed by atoms with van der Waals surface area (Å²) in [5.74, 6) is -2.43. The third-order valence-corrected chi connectivity index (χ3v) is 5.65. The molecule has 2 amide bonds. The zero-order chi connectivity index (χ0) is 18.7. The minimum atomic E-state index is -2.63. The second-order valence-corrected chi connectivity index (χ2v) is 7.37. The number of aliphatic hydroxyl groups excluding tert-OH is 1. The summed E-state index contributed by atoms with van der Waals surface area (Å²) in [4.78, 5) is 16.1. The molecular weight excluding hydrogens is 340 g/mol. The van der Waals surface area contributed by atoms with Gasteiger partial charge in [0.05, 0.1) is 19.2 Å². The molecule has 1 aromatic carbocycles. The molecule has 26 heavy (non-hydrogen) atoms. The fourth-order valence-corrected chi connectivity index (χ4v) is 4.22. The van der Waals surface area contributed by atoms with E-state index in [4.69, 9.17) is 0 Å². The van der Waals surface area contributed by atoms with E-state index in [0.29, 0.717) is 25.3 Å². The maximum absolute atomic E-state index is 13.5. The van der Waals surface area contributed by atoms with Crippen molar-refractivity contribution in [1.29, 1.82) is 0 Å². The summed E-state index contributed by atoms with van der Waals surface area (Å²) in [6.45, 7) is 3.06. The Hall–Kier alpha value is -1.73. The number of hydrogen-bond donors (Lipinski definition) is 2. The molecule has 3 rings (SSSR count). The number of aliphatic hydroxyl groups is 1. The van der Waals surface area contributed by atoms with Crippen LogP contribution in [0.3, 0.4) is 0 Å². The lowest BCUT2D eigenvalue weighted by molar-refractivity contribution is 0.00917. The van der Waals surface area contributed by atoms with Crippen molar-refractivity contribution in [2.24, 2.45) is 11.8 Å². The number of urea groups is 1. The Morgan fingerprint density at radius 2 is 2.08 bits per heavy atom. The van der Waals surface area contributed by atoms with Crippen LogP contribution in [0.25, 0.3) is 0 Å². The highest BCUT2D eigenvalue weighted by molar-refractivity contribution is 5.89. The van der Waals surface area contributed by atoms with Gasteiger partial charge in [-0.05, 0) is 24.0 Å². The van der Waals surface area contributed by atoms with Gasteiger partial charge in [-0.2, -0.15) is 0 Å². The molecule has 7 heteroatoms. The van der Waals surface area contributed by atoms with Crippen LogP contribution in [-0.2, 0) is 0 Å². The molecule has 5 nitrogen and oxygen atoms in total. The number of alkyl halides is 2. The van der Waals surface area contributed by atoms with Gasteiger partial charge < -0.3 is 15.3 Å². The molecule has 0 aromatic heterocycles. The SMILES string of the molecule is CC[C@@H]1CN(C(=O)Nc2ccccc2)[C@H](CO)[C@@H]1CN1CCC(F)(F)C1. The van der Waals surface area contributed by atoms with Crippen LogP contribution in [0.4, 0.5) is 19.3 Å². The number of rotatable bonds is 5. The first-order valence-corrected chi connectivity index (χ1v) is 9.27. The van der Waals surface area contributed by atoms with Gasteiger partial charge in [0.1, 0.15) is 0 Å². The van der Waals surface area contributed by atoms with Crippen LogP contribution in [0.1, 0.15) is 19.8 Å². The molecule has 1 aromatic rings. The third kappa shape index (κ3) is 4.15. The molecular formula is C19H27F2N3O2. The minimum absolute atomic E-state index is 0.000392. The molecule has 2 N–H and O–H groups in total. The van der Waals surface area contributed by atoms with Gasteiger partial charge in [-0.25, -0.2) is 13.6 Å². The lowest BCUT2D eigenvalue weighted by atomic mass is 9.88. The van der Waals surface area contributed by atoms with E-state index in [-0.39, 0.29) is 43.5 Å². The number of hydrogen-bond acceptors (Lipinski definition) is 3. The summed E-state index contributed by atoms with van der Waals surface area (Å²) in [7, 11) is 0. The Balaban J connectivity index is 1.69. The van der Waals surface area contributed by atoms with Crippen LogP contribution in [-0.4, -0.2) is 65.7 Å². The number of amides is 2. The van der Waals surface area contributed by atoms with E-state index < -0.39 is 5.92 Å². The van der Waals surface area contributed by atoms with Crippen molar-refractivity contribution in [3.63, 3.8) is 0 Å². The quantitative estimate of drug-likeness (QED) is 0.841. The van der Waals surface area contributed by atoms with Crippen molar-refractivity contribution < 1.29 is 18.7 Å². The number of likely N-dealkylation sites (tertiary alicyclic amines) is 2. The van der Waals surface area contributed by atoms with E-state index in [1.165, 1.54) is 0 Å². The van der Waals surface area contributed by atoms with E-state index in [9.17, 15) is 18.7 Å². The average molecular weight is 367 g/mol. The molecule has 2 aliphatic heterocycles. The summed E-state index contributed by atoms with van der Waals surface area (Å²) in [6.07, 6.45) is 0.735. The predicted octanol–water partition coefficient (Wildman–Crippen LogP) is 2.88. The number of benzene rings is 1. The van der Waals surface area contributed by atoms with Crippen molar-refractivity contribution in [1.82, 2.24) is 9.80 Å². The van der Waals surface area contributed by atoms with Gasteiger partial charge >= 0.3 is 6.03 Å². The monoisotopic (exact) mass is 367 g/mol. The number of para-hydroxylation sites is 1. The standard InChI is InChI=1S/C19H27F2N3O2/c1-2-14-10-24(18(26)22-15-6-4-3-5-7-15)17(12-25)16(14)11-23-9-8-19(20,21)13-23/h3-7,14,16-17,25H,2,8-13H2,1H3,(H,22,26)/t14-,16-,17-/m1/s1. The van der Waals surface area contributed by atoms with Crippen molar-refractivity contribution in [3.8, 4) is 0 Å². The van der Waals surface area contributed by atoms with Gasteiger partial charge in [-0.1, -0.05) is 31.5 Å². The van der Waals surface area contributed by atoms with Gasteiger partial charge in [-0.15, -0.1) is 0 Å². The molecule has 0 aliphatic carbocycles. The summed E-state index contributed by atoms with van der Waals surface area (Å²) >= 11 is 0. The Morgan fingerprint density at radius 3 is 2.65 bits per heavy atom. The summed E-state index contributed by atoms with van der Waals surface area (Å²) in [5.41, 5.74) is 0.699. The van der Waals surface area contributed by atoms with E-state index in [1.54, 1.807) is 9.80 Å². The molecule has 2 saturated heterocycles. The summed E-state index contributed by atoms with van der Waals surface area (Å²) in [5, 5.41) is 12.8. The first kappa shape index (κ1) is 19.0. The molecule has 2 aliphatic rings. The molecule has 0 saturated carbocycles. The van der Waals surface area contributed by atoms with Gasteiger partial charge in [0.15, 0.2) is 0 Å². The first-order valence-electron chi connectivity index (χ1n) is 9.27. The van der Waals surface area contributed by atoms with E-state index in [2.05, 4.69) is 5.32 Å². The molecule has 0 radical (unpaired) electrons. The van der Waals surface area contributed by atoms with Crippen LogP contribution >= 0.6 is 0 Å². The summed E-state index contributed by atoms with van der Waals surface area (Å²) < 4.78 is 27.0. The Morgan fingerprint density at radius 1 is 1.35 bits per heavy atom. The number of carbonyl (C=O) groups excluding carboxylic acids is 1. The Kier molecular flexibility index (Phi) is 5.77. The van der Waals surface area contributed by atoms with E-state index in [1.807, 2.05) is 37.3 Å². The number of nitrogens with one attached hydrogen (secondary N) is 1. The fourth-order valence-electron chi connectivity index (χ4n) is 4.22. The maximum atomic E-state index is 13.5. The predicted molar refractivity (Wildman–Crippen MR) is 96.3 cm³/mol. The molecule has 3 atom stereocenters. The lowest BCUT2D eigenvalue weighted by Crippen LogP contribution is -2.45. The Labute approximate surface area is 153 Å². The highest BCUT2D eigenvalue weighted by Gasteiger charge is 2.46. The number of carbonyl (C=O) groups is 1. The zero-order valence-corrected chi connectivity index (χ0v) is 15.1. The normalized spacial score (nSPS) is 28.5. The smallest absolute Gasteiger partial charge is 0.322 e. The van der Waals surface area contributed by atoms with Crippen LogP contribution in [0.2, 0.25) is 0 Å². The van der Waals surface area contributed by atoms with Crippen molar-refractivity contribution >= 4 is 11.7 Å². The molecule has 0 unspecified atom stereocenters. The van der Waals surface area contributed by atoms with E-state index in [0.717, 1.165) is 6.42 Å². The van der Waals surface area contributed by atoms with Gasteiger partial charge in [0, 0.05) is 31.7 Å². The summed E-state index contributed by atoms with van der Waals surface area (Å²) in [6, 6.07) is 8.58. The van der Waals surface area contributed by atoms with Crippen molar-refractivity contribution in [2.75, 3.05) is 38.1 Å². The van der Waals surface area contributed by atoms with Crippen molar-refractivity contribution in [2.45, 2.75) is 31.7 Å². The molecule has 0 bridgehead atoms. The molecule has 144 valence electrons. The topological polar surface area (TPSA) is 55.8 Å². The third-order valence-electron chi connectivity index (χ3n) is 5.65. The first-order chi connectivity index (χ1) is 12.4. The molecule has 0 spiro atoms. The highest BCUT2D eigenvalue weighted by atomic mass is 19.3. The van der Waals surface area contributed by atoms with Gasteiger partial charge in [0.2, 0.25) is 0 Å². The van der Waals surface area contributed by atoms with Crippen LogP contribution in [0.15, 0.2) is 30.3 Å². The van der Waals surface area contributed by atoms with Gasteiger partial charge in [0.25, 0.3) is 5.92 Å². The average Bonchev–Trinajstić information content (AvgIpc) is 3.15. The second kappa shape index (κ2) is 7.88. The lowest BCUT2D eigenvalue weighted by Gasteiger charge is -2.30. The van der Waals surface area contributed by atoms with Gasteiger partial charge in [-0.3, -0.25) is 4.90 Å². The second-order valence-electron chi connectivity index (χ2n) is 7.37. The van der Waals surface area contributed by atoms with Crippen LogP contribution < -0.4 is 5.32 Å². The van der Waals surface area contributed by atoms with Crippen LogP contribution in [0, 0.1) is 11.8 Å². The number of halogens is 2. The van der Waals surface area contributed by atoms with Crippen LogP contribution in [0.5, 0.6) is 0 Å². The zero-order valence-electron chi connectivity index (χ0n) is 15.1. The number of anilines is 1. The van der Waals surface area contributed by atoms with Crippen molar-refractivity contribution in [3.05, 3.63) is 30.3 Å². The Bertz CT molecular complexity index is 614. The van der Waals surface area contributed by atoms with E-state index >= 15 is 0 Å². The molecule has 2 heterocycles. The minimum Gasteiger partial charge on any atom is -0.394 e. The molecule has 2 fully saturated rings. The largest absolute Gasteiger partial charge is 0.394 e. The fraction of sp³-hybridized carbons (Fsp3) is 0.632. The number of nitrogens with zero attached hydrogens (tertiary/aromatic N) is 2.